The molecular weight excluding hydrogens is 418 g/mol. The Kier molecular flexibility index (Phi) is 5.45. The van der Waals surface area contributed by atoms with Gasteiger partial charge >= 0.3 is 0 Å². The minimum absolute atomic E-state index is 0.506. The largest absolute Gasteiger partial charge is 0.497 e. The molecule has 6 heteroatoms. The van der Waals surface area contributed by atoms with E-state index in [1.807, 2.05) is 12.1 Å². The molecular formula is C26H23N3O2S. The molecule has 0 atom stereocenters. The lowest BCUT2D eigenvalue weighted by Gasteiger charge is -2.07. The standard InChI is InChI=1S/C26H23N3O2S/c1-16-11-20(25-21(12-16)28-23(31-3)15-27-25)26-29-24-18(10-9-17-7-5-4-6-8-17)13-19(30-2)14-22(24)32-26/h4-8,11-15H,9-10H2,1-3H3. The zero-order chi connectivity index (χ0) is 22.1. The van der Waals surface area contributed by atoms with Gasteiger partial charge < -0.3 is 9.47 Å². The fraction of sp³-hybridized carbons (Fsp3) is 0.192. The molecule has 0 saturated carbocycles. The third-order valence-corrected chi connectivity index (χ3v) is 6.55. The highest BCUT2D eigenvalue weighted by Crippen LogP contribution is 2.37. The van der Waals surface area contributed by atoms with Gasteiger partial charge in [-0.2, -0.15) is 0 Å². The van der Waals surface area contributed by atoms with Crippen LogP contribution in [0.15, 0.2) is 60.8 Å². The van der Waals surface area contributed by atoms with Crippen molar-refractivity contribution in [1.29, 1.82) is 0 Å². The van der Waals surface area contributed by atoms with Gasteiger partial charge in [-0.15, -0.1) is 11.3 Å². The lowest BCUT2D eigenvalue weighted by atomic mass is 10.0. The summed E-state index contributed by atoms with van der Waals surface area (Å²) in [5.41, 5.74) is 7.26. The zero-order valence-corrected chi connectivity index (χ0v) is 19.1. The topological polar surface area (TPSA) is 57.1 Å². The number of fused-ring (bicyclic) bond motifs is 2. The van der Waals surface area contributed by atoms with E-state index >= 15 is 0 Å². The second-order valence-corrected chi connectivity index (χ2v) is 8.76. The summed E-state index contributed by atoms with van der Waals surface area (Å²) in [6, 6.07) is 18.9. The summed E-state index contributed by atoms with van der Waals surface area (Å²) in [4.78, 5) is 14.3. The van der Waals surface area contributed by atoms with E-state index in [4.69, 9.17) is 14.5 Å². The van der Waals surface area contributed by atoms with Crippen LogP contribution in [0.3, 0.4) is 0 Å². The summed E-state index contributed by atoms with van der Waals surface area (Å²) < 4.78 is 12.0. The smallest absolute Gasteiger partial charge is 0.232 e. The quantitative estimate of drug-likeness (QED) is 0.323. The summed E-state index contributed by atoms with van der Waals surface area (Å²) in [6.45, 7) is 2.06. The number of rotatable bonds is 6. The van der Waals surface area contributed by atoms with Crippen LogP contribution >= 0.6 is 11.3 Å². The van der Waals surface area contributed by atoms with Gasteiger partial charge in [-0.05, 0) is 60.7 Å². The van der Waals surface area contributed by atoms with E-state index in [1.165, 1.54) is 11.1 Å². The number of thiazole rings is 1. The Morgan fingerprint density at radius 3 is 2.50 bits per heavy atom. The summed E-state index contributed by atoms with van der Waals surface area (Å²) in [7, 11) is 3.31. The molecule has 0 saturated heterocycles. The number of hydrogen-bond donors (Lipinski definition) is 0. The van der Waals surface area contributed by atoms with Crippen LogP contribution in [0.4, 0.5) is 0 Å². The number of aryl methyl sites for hydroxylation is 3. The van der Waals surface area contributed by atoms with E-state index in [2.05, 4.69) is 59.4 Å². The molecule has 0 bridgehead atoms. The van der Waals surface area contributed by atoms with Crippen LogP contribution in [0.2, 0.25) is 0 Å². The van der Waals surface area contributed by atoms with Crippen molar-refractivity contribution < 1.29 is 9.47 Å². The van der Waals surface area contributed by atoms with Gasteiger partial charge in [0.15, 0.2) is 0 Å². The molecule has 0 aliphatic heterocycles. The molecule has 5 rings (SSSR count). The molecule has 2 heterocycles. The number of nitrogens with zero attached hydrogens (tertiary/aromatic N) is 3. The van der Waals surface area contributed by atoms with Crippen LogP contribution in [-0.2, 0) is 12.8 Å². The van der Waals surface area contributed by atoms with Gasteiger partial charge in [0.2, 0.25) is 5.88 Å². The monoisotopic (exact) mass is 441 g/mol. The predicted molar refractivity (Wildman–Crippen MR) is 130 cm³/mol. The Morgan fingerprint density at radius 1 is 0.875 bits per heavy atom. The van der Waals surface area contributed by atoms with Crippen molar-refractivity contribution in [2.75, 3.05) is 14.2 Å². The highest BCUT2D eigenvalue weighted by Gasteiger charge is 2.16. The molecule has 0 spiro atoms. The highest BCUT2D eigenvalue weighted by atomic mass is 32.1. The minimum atomic E-state index is 0.506. The summed E-state index contributed by atoms with van der Waals surface area (Å²) in [5, 5.41) is 0.933. The van der Waals surface area contributed by atoms with Gasteiger partial charge in [0.1, 0.15) is 10.8 Å². The van der Waals surface area contributed by atoms with Crippen molar-refractivity contribution in [2.45, 2.75) is 19.8 Å². The van der Waals surface area contributed by atoms with Crippen molar-refractivity contribution in [3.8, 4) is 22.2 Å². The van der Waals surface area contributed by atoms with Crippen LogP contribution in [0.25, 0.3) is 31.8 Å². The Hall–Kier alpha value is -3.51. The Balaban J connectivity index is 1.62. The number of benzene rings is 3. The molecule has 160 valence electrons. The fourth-order valence-electron chi connectivity index (χ4n) is 3.93. The van der Waals surface area contributed by atoms with E-state index in [1.54, 1.807) is 31.8 Å². The first-order valence-electron chi connectivity index (χ1n) is 10.5. The number of methoxy groups -OCH3 is 2. The van der Waals surface area contributed by atoms with E-state index in [0.29, 0.717) is 5.88 Å². The van der Waals surface area contributed by atoms with Crippen molar-refractivity contribution >= 4 is 32.6 Å². The van der Waals surface area contributed by atoms with E-state index in [0.717, 1.165) is 56.0 Å². The fourth-order valence-corrected chi connectivity index (χ4v) is 4.99. The predicted octanol–water partition coefficient (Wildman–Crippen LogP) is 6.02. The van der Waals surface area contributed by atoms with Crippen molar-refractivity contribution in [2.24, 2.45) is 0 Å². The van der Waals surface area contributed by atoms with Gasteiger partial charge in [0.25, 0.3) is 0 Å². The first-order chi connectivity index (χ1) is 15.6. The second kappa shape index (κ2) is 8.55. The molecule has 0 N–H and O–H groups in total. The van der Waals surface area contributed by atoms with Crippen LogP contribution in [0, 0.1) is 6.92 Å². The maximum Gasteiger partial charge on any atom is 0.232 e. The van der Waals surface area contributed by atoms with Gasteiger partial charge in [-0.25, -0.2) is 15.0 Å². The lowest BCUT2D eigenvalue weighted by Crippen LogP contribution is -1.95. The van der Waals surface area contributed by atoms with Gasteiger partial charge in [-0.3, -0.25) is 0 Å². The Morgan fingerprint density at radius 2 is 1.72 bits per heavy atom. The molecule has 2 aromatic heterocycles. The Bertz CT molecular complexity index is 1410. The molecule has 0 aliphatic rings. The van der Waals surface area contributed by atoms with Crippen molar-refractivity contribution in [1.82, 2.24) is 15.0 Å². The first kappa shape index (κ1) is 20.4. The average molecular weight is 442 g/mol. The SMILES string of the molecule is COc1cc(CCc2ccccc2)c2nc(-c3cc(C)cc4nc(OC)cnc34)sc2c1. The number of ether oxygens (including phenoxy) is 2. The molecule has 0 fully saturated rings. The van der Waals surface area contributed by atoms with Crippen LogP contribution in [-0.4, -0.2) is 29.2 Å². The van der Waals surface area contributed by atoms with Crippen molar-refractivity contribution in [3.05, 3.63) is 77.5 Å². The summed E-state index contributed by atoms with van der Waals surface area (Å²) in [5.74, 6) is 1.36. The number of aromatic nitrogens is 3. The second-order valence-electron chi connectivity index (χ2n) is 7.73. The maximum atomic E-state index is 5.59. The molecule has 5 aromatic rings. The third-order valence-electron chi connectivity index (χ3n) is 5.52. The molecule has 0 aliphatic carbocycles. The van der Waals surface area contributed by atoms with Gasteiger partial charge in [0, 0.05) is 5.56 Å². The van der Waals surface area contributed by atoms with E-state index in [9.17, 15) is 0 Å². The summed E-state index contributed by atoms with van der Waals surface area (Å²) in [6.07, 6.45) is 3.50. The summed E-state index contributed by atoms with van der Waals surface area (Å²) >= 11 is 1.66. The third kappa shape index (κ3) is 3.89. The molecule has 0 radical (unpaired) electrons. The first-order valence-corrected chi connectivity index (χ1v) is 11.3. The average Bonchev–Trinajstić information content (AvgIpc) is 3.26. The van der Waals surface area contributed by atoms with Crippen LogP contribution in [0.5, 0.6) is 11.6 Å². The molecule has 0 unspecified atom stereocenters. The maximum absolute atomic E-state index is 5.59. The lowest BCUT2D eigenvalue weighted by molar-refractivity contribution is 0.397. The van der Waals surface area contributed by atoms with E-state index < -0.39 is 0 Å². The van der Waals surface area contributed by atoms with Gasteiger partial charge in [-0.1, -0.05) is 30.3 Å². The zero-order valence-electron chi connectivity index (χ0n) is 18.3. The normalized spacial score (nSPS) is 11.2. The minimum Gasteiger partial charge on any atom is -0.497 e. The molecule has 5 nitrogen and oxygen atoms in total. The van der Waals surface area contributed by atoms with Crippen LogP contribution < -0.4 is 9.47 Å². The Labute approximate surface area is 190 Å². The molecule has 32 heavy (non-hydrogen) atoms. The van der Waals surface area contributed by atoms with Gasteiger partial charge in [0.05, 0.1) is 41.7 Å². The van der Waals surface area contributed by atoms with Crippen LogP contribution in [0.1, 0.15) is 16.7 Å². The molecule has 3 aromatic carbocycles. The number of hydrogen-bond acceptors (Lipinski definition) is 6. The highest BCUT2D eigenvalue weighted by molar-refractivity contribution is 7.21. The van der Waals surface area contributed by atoms with E-state index in [-0.39, 0.29) is 0 Å². The molecule has 0 amide bonds. The van der Waals surface area contributed by atoms with Crippen molar-refractivity contribution in [3.63, 3.8) is 0 Å².